The van der Waals surface area contributed by atoms with Crippen molar-refractivity contribution in [2.45, 2.75) is 12.8 Å². The third-order valence-corrected chi connectivity index (χ3v) is 3.74. The maximum Gasteiger partial charge on any atom is 0.261 e. The summed E-state index contributed by atoms with van der Waals surface area (Å²) in [5, 5.41) is 0. The van der Waals surface area contributed by atoms with Crippen molar-refractivity contribution in [3.8, 4) is 0 Å². The van der Waals surface area contributed by atoms with Crippen molar-refractivity contribution in [2.75, 3.05) is 26.4 Å². The van der Waals surface area contributed by atoms with E-state index in [1.54, 1.807) is 29.2 Å². The Hall–Kier alpha value is -2.21. The van der Waals surface area contributed by atoms with Gasteiger partial charge in [0, 0.05) is 19.5 Å². The molecule has 0 spiro atoms. The third kappa shape index (κ3) is 2.54. The van der Waals surface area contributed by atoms with Crippen molar-refractivity contribution in [3.63, 3.8) is 0 Å². The van der Waals surface area contributed by atoms with Crippen LogP contribution in [0.15, 0.2) is 24.3 Å². The number of hydrogen-bond acceptors (Lipinski definition) is 4. The van der Waals surface area contributed by atoms with Crippen molar-refractivity contribution in [2.24, 2.45) is 0 Å². The molecule has 1 aromatic rings. The molecule has 0 aromatic heterocycles. The number of carbonyl (C=O) groups is 3. The SMILES string of the molecule is O=C(CCN1C(=O)c2ccccc2C1=O)N1CCCOC1. The van der Waals surface area contributed by atoms with Crippen LogP contribution in [0.5, 0.6) is 0 Å². The van der Waals surface area contributed by atoms with E-state index < -0.39 is 0 Å². The van der Waals surface area contributed by atoms with E-state index in [0.29, 0.717) is 31.0 Å². The van der Waals surface area contributed by atoms with Crippen LogP contribution < -0.4 is 0 Å². The van der Waals surface area contributed by atoms with E-state index in [1.807, 2.05) is 0 Å². The van der Waals surface area contributed by atoms with Crippen molar-refractivity contribution in [1.29, 1.82) is 0 Å². The Morgan fingerprint density at radius 2 is 1.81 bits per heavy atom. The van der Waals surface area contributed by atoms with Crippen LogP contribution in [0.25, 0.3) is 0 Å². The molecule has 0 bridgehead atoms. The van der Waals surface area contributed by atoms with Gasteiger partial charge < -0.3 is 9.64 Å². The van der Waals surface area contributed by atoms with Gasteiger partial charge >= 0.3 is 0 Å². The molecule has 2 aliphatic rings. The van der Waals surface area contributed by atoms with E-state index in [2.05, 4.69) is 0 Å². The lowest BCUT2D eigenvalue weighted by Gasteiger charge is -2.27. The Morgan fingerprint density at radius 3 is 2.38 bits per heavy atom. The van der Waals surface area contributed by atoms with Crippen LogP contribution in [0, 0.1) is 0 Å². The second-order valence-corrected chi connectivity index (χ2v) is 5.11. The van der Waals surface area contributed by atoms with Crippen LogP contribution in [0.2, 0.25) is 0 Å². The number of ether oxygens (including phenoxy) is 1. The molecule has 110 valence electrons. The van der Waals surface area contributed by atoms with Gasteiger partial charge in [0.05, 0.1) is 17.7 Å². The molecule has 2 heterocycles. The van der Waals surface area contributed by atoms with Crippen molar-refractivity contribution >= 4 is 17.7 Å². The Balaban J connectivity index is 1.63. The van der Waals surface area contributed by atoms with Crippen LogP contribution in [-0.2, 0) is 9.53 Å². The zero-order chi connectivity index (χ0) is 14.8. The van der Waals surface area contributed by atoms with Crippen molar-refractivity contribution < 1.29 is 19.1 Å². The molecule has 0 N–H and O–H groups in total. The highest BCUT2D eigenvalue weighted by atomic mass is 16.5. The van der Waals surface area contributed by atoms with Gasteiger partial charge in [0.1, 0.15) is 6.73 Å². The second-order valence-electron chi connectivity index (χ2n) is 5.11. The van der Waals surface area contributed by atoms with Gasteiger partial charge in [0.2, 0.25) is 5.91 Å². The molecule has 1 aromatic carbocycles. The van der Waals surface area contributed by atoms with E-state index in [0.717, 1.165) is 11.3 Å². The number of rotatable bonds is 3. The van der Waals surface area contributed by atoms with Crippen LogP contribution >= 0.6 is 0 Å². The zero-order valence-corrected chi connectivity index (χ0v) is 11.6. The monoisotopic (exact) mass is 288 g/mol. The van der Waals surface area contributed by atoms with Gasteiger partial charge in [-0.3, -0.25) is 19.3 Å². The Labute approximate surface area is 122 Å². The lowest BCUT2D eigenvalue weighted by atomic mass is 10.1. The first-order chi connectivity index (χ1) is 10.2. The smallest absolute Gasteiger partial charge is 0.261 e. The molecule has 6 heteroatoms. The van der Waals surface area contributed by atoms with Crippen molar-refractivity contribution in [3.05, 3.63) is 35.4 Å². The molecular formula is C15H16N2O4. The molecule has 21 heavy (non-hydrogen) atoms. The minimum atomic E-state index is -0.321. The van der Waals surface area contributed by atoms with Gasteiger partial charge in [-0.2, -0.15) is 0 Å². The standard InChI is InChI=1S/C15H16N2O4/c18-13(16-7-3-9-21-10-16)6-8-17-14(19)11-4-1-2-5-12(11)15(17)20/h1-2,4-5H,3,6-10H2. The number of nitrogens with zero attached hydrogens (tertiary/aromatic N) is 2. The van der Waals surface area contributed by atoms with E-state index in [4.69, 9.17) is 4.74 Å². The number of fused-ring (bicyclic) bond motifs is 1. The summed E-state index contributed by atoms with van der Waals surface area (Å²) in [5.41, 5.74) is 0.826. The molecule has 6 nitrogen and oxygen atoms in total. The van der Waals surface area contributed by atoms with Gasteiger partial charge in [-0.25, -0.2) is 0 Å². The fourth-order valence-electron chi connectivity index (χ4n) is 2.60. The van der Waals surface area contributed by atoms with Crippen molar-refractivity contribution in [1.82, 2.24) is 9.80 Å². The fraction of sp³-hybridized carbons (Fsp3) is 0.400. The highest BCUT2D eigenvalue weighted by Crippen LogP contribution is 2.22. The van der Waals surface area contributed by atoms with Gasteiger partial charge in [-0.15, -0.1) is 0 Å². The van der Waals surface area contributed by atoms with Gasteiger partial charge in [0.15, 0.2) is 0 Å². The molecule has 0 saturated carbocycles. The molecular weight excluding hydrogens is 272 g/mol. The number of amides is 3. The second kappa shape index (κ2) is 5.65. The van der Waals surface area contributed by atoms with Gasteiger partial charge in [-0.05, 0) is 18.6 Å². The van der Waals surface area contributed by atoms with Crippen LogP contribution in [0.4, 0.5) is 0 Å². The average Bonchev–Trinajstić information content (AvgIpc) is 2.78. The lowest BCUT2D eigenvalue weighted by molar-refractivity contribution is -0.140. The molecule has 3 rings (SSSR count). The fourth-order valence-corrected chi connectivity index (χ4v) is 2.60. The highest BCUT2D eigenvalue weighted by molar-refractivity contribution is 6.21. The zero-order valence-electron chi connectivity index (χ0n) is 11.6. The Kier molecular flexibility index (Phi) is 3.70. The van der Waals surface area contributed by atoms with E-state index in [9.17, 15) is 14.4 Å². The van der Waals surface area contributed by atoms with E-state index in [-0.39, 0.29) is 30.7 Å². The summed E-state index contributed by atoms with van der Waals surface area (Å²) in [5.74, 6) is -0.733. The topological polar surface area (TPSA) is 66.9 Å². The summed E-state index contributed by atoms with van der Waals surface area (Å²) in [6.45, 7) is 1.74. The van der Waals surface area contributed by atoms with E-state index >= 15 is 0 Å². The Morgan fingerprint density at radius 1 is 1.14 bits per heavy atom. The summed E-state index contributed by atoms with van der Waals surface area (Å²) in [6, 6.07) is 6.72. The molecule has 1 fully saturated rings. The average molecular weight is 288 g/mol. The number of carbonyl (C=O) groups excluding carboxylic acids is 3. The summed E-state index contributed by atoms with van der Waals surface area (Å²) in [4.78, 5) is 39.1. The number of imide groups is 1. The first-order valence-corrected chi connectivity index (χ1v) is 6.99. The molecule has 3 amide bonds. The van der Waals surface area contributed by atoms with Crippen LogP contribution in [0.1, 0.15) is 33.6 Å². The minimum Gasteiger partial charge on any atom is -0.361 e. The quantitative estimate of drug-likeness (QED) is 0.774. The minimum absolute atomic E-state index is 0.0914. The van der Waals surface area contributed by atoms with E-state index in [1.165, 1.54) is 0 Å². The first-order valence-electron chi connectivity index (χ1n) is 6.99. The molecule has 0 atom stereocenters. The number of benzene rings is 1. The molecule has 0 unspecified atom stereocenters. The largest absolute Gasteiger partial charge is 0.361 e. The lowest BCUT2D eigenvalue weighted by Crippen LogP contribution is -2.40. The van der Waals surface area contributed by atoms with Crippen LogP contribution in [-0.4, -0.2) is 53.9 Å². The molecule has 0 aliphatic carbocycles. The van der Waals surface area contributed by atoms with Gasteiger partial charge in [-0.1, -0.05) is 12.1 Å². The summed E-state index contributed by atoms with van der Waals surface area (Å²) in [6.07, 6.45) is 0.952. The highest BCUT2D eigenvalue weighted by Gasteiger charge is 2.35. The normalized spacial score (nSPS) is 18.1. The maximum absolute atomic E-state index is 12.2. The predicted molar refractivity (Wildman–Crippen MR) is 73.6 cm³/mol. The summed E-state index contributed by atoms with van der Waals surface area (Å²) >= 11 is 0. The molecule has 2 aliphatic heterocycles. The first kappa shape index (κ1) is 13.8. The van der Waals surface area contributed by atoms with Gasteiger partial charge in [0.25, 0.3) is 11.8 Å². The summed E-state index contributed by atoms with van der Waals surface area (Å²) in [7, 11) is 0. The molecule has 1 saturated heterocycles. The third-order valence-electron chi connectivity index (χ3n) is 3.74. The number of hydrogen-bond donors (Lipinski definition) is 0. The Bertz CT molecular complexity index is 558. The maximum atomic E-state index is 12.2. The predicted octanol–water partition coefficient (Wildman–Crippen LogP) is 0.879. The molecule has 0 radical (unpaired) electrons. The summed E-state index contributed by atoms with van der Waals surface area (Å²) < 4.78 is 5.23. The van der Waals surface area contributed by atoms with Crippen LogP contribution in [0.3, 0.4) is 0 Å².